The summed E-state index contributed by atoms with van der Waals surface area (Å²) >= 11 is 6.93. The number of carbonyl (C=O) groups excluding carboxylic acids is 1. The molecule has 2 unspecified atom stereocenters. The van der Waals surface area contributed by atoms with Gasteiger partial charge in [0.05, 0.1) is 0 Å². The van der Waals surface area contributed by atoms with Crippen molar-refractivity contribution in [3.8, 4) is 0 Å². The monoisotopic (exact) mass is 384 g/mol. The molecule has 4 saturated carbocycles. The fourth-order valence-electron chi connectivity index (χ4n) is 6.06. The third-order valence-corrected chi connectivity index (χ3v) is 7.22. The zero-order valence-electron chi connectivity index (χ0n) is 15.9. The highest BCUT2D eigenvalue weighted by molar-refractivity contribution is 6.24. The van der Waals surface area contributed by atoms with E-state index in [-0.39, 0.29) is 16.3 Å². The highest BCUT2D eigenvalue weighted by Gasteiger charge is 2.60. The molecule has 1 aromatic carbocycles. The number of esters is 1. The number of ether oxygens (including phenoxy) is 1. The summed E-state index contributed by atoms with van der Waals surface area (Å²) in [6.07, 6.45) is 8.34. The number of rotatable bonds is 3. The van der Waals surface area contributed by atoms with Crippen LogP contribution < -0.4 is 4.90 Å². The van der Waals surface area contributed by atoms with Gasteiger partial charge < -0.3 is 9.64 Å². The van der Waals surface area contributed by atoms with Crippen molar-refractivity contribution >= 4 is 35.2 Å². The highest BCUT2D eigenvalue weighted by atomic mass is 35.5. The lowest BCUT2D eigenvalue weighted by atomic mass is 9.49. The van der Waals surface area contributed by atoms with Gasteiger partial charge in [-0.05, 0) is 74.1 Å². The van der Waals surface area contributed by atoms with Crippen molar-refractivity contribution in [2.24, 2.45) is 22.2 Å². The molecule has 4 fully saturated rings. The predicted molar refractivity (Wildman–Crippen MR) is 108 cm³/mol. The smallest absolute Gasteiger partial charge is 0.363 e. The Bertz CT molecular complexity index is 842. The molecule has 5 heteroatoms. The van der Waals surface area contributed by atoms with E-state index in [4.69, 9.17) is 16.3 Å². The Balaban J connectivity index is 1.44. The van der Waals surface area contributed by atoms with Crippen LogP contribution in [-0.2, 0) is 9.53 Å². The number of carbonyl (C=O) groups is 1. The van der Waals surface area contributed by atoms with E-state index in [1.807, 2.05) is 49.3 Å². The summed E-state index contributed by atoms with van der Waals surface area (Å²) in [7, 11) is 4.01. The number of hydrogen-bond donors (Lipinski definition) is 0. The molecule has 4 bridgehead atoms. The van der Waals surface area contributed by atoms with Gasteiger partial charge in [-0.25, -0.2) is 9.79 Å². The van der Waals surface area contributed by atoms with E-state index in [9.17, 15) is 4.79 Å². The van der Waals surface area contributed by atoms with Crippen LogP contribution in [0.3, 0.4) is 0 Å². The van der Waals surface area contributed by atoms with Gasteiger partial charge in [-0.3, -0.25) is 0 Å². The number of hydrogen-bond acceptors (Lipinski definition) is 4. The van der Waals surface area contributed by atoms with E-state index < -0.39 is 0 Å². The molecule has 4 nitrogen and oxygen atoms in total. The molecule has 0 aromatic heterocycles. The van der Waals surface area contributed by atoms with Gasteiger partial charge in [-0.15, -0.1) is 11.6 Å². The molecule has 142 valence electrons. The molecule has 0 radical (unpaired) electrons. The molecule has 4 atom stereocenters. The van der Waals surface area contributed by atoms with Crippen molar-refractivity contribution in [3.63, 3.8) is 0 Å². The first-order chi connectivity index (χ1) is 12.8. The summed E-state index contributed by atoms with van der Waals surface area (Å²) in [5.41, 5.74) is 2.35. The molecule has 0 N–H and O–H groups in total. The first-order valence-electron chi connectivity index (χ1n) is 9.84. The molecular formula is C22H25ClN2O2. The maximum atomic E-state index is 12.5. The highest BCUT2D eigenvalue weighted by Crippen LogP contribution is 2.64. The third kappa shape index (κ3) is 2.89. The number of halogens is 1. The van der Waals surface area contributed by atoms with E-state index in [1.165, 1.54) is 6.42 Å². The Hall–Kier alpha value is -1.81. The Kier molecular flexibility index (Phi) is 3.74. The maximum Gasteiger partial charge on any atom is 0.363 e. The summed E-state index contributed by atoms with van der Waals surface area (Å²) < 4.78 is 5.71. The van der Waals surface area contributed by atoms with Crippen molar-refractivity contribution in [3.05, 3.63) is 35.5 Å². The van der Waals surface area contributed by atoms with E-state index in [2.05, 4.69) is 4.99 Å². The zero-order valence-corrected chi connectivity index (χ0v) is 16.6. The number of nitrogens with zero attached hydrogens (tertiary/aromatic N) is 2. The van der Waals surface area contributed by atoms with Gasteiger partial charge in [0.15, 0.2) is 5.70 Å². The molecule has 6 rings (SSSR count). The topological polar surface area (TPSA) is 41.9 Å². The summed E-state index contributed by atoms with van der Waals surface area (Å²) in [6.45, 7) is 0. The van der Waals surface area contributed by atoms with Crippen LogP contribution >= 0.6 is 11.6 Å². The molecular weight excluding hydrogens is 360 g/mol. The molecule has 5 aliphatic rings. The van der Waals surface area contributed by atoms with Crippen LogP contribution in [0.1, 0.15) is 44.1 Å². The first kappa shape index (κ1) is 17.3. The lowest BCUT2D eigenvalue weighted by Crippen LogP contribution is -2.56. The minimum Gasteiger partial charge on any atom is -0.406 e. The van der Waals surface area contributed by atoms with Gasteiger partial charge in [0.2, 0.25) is 5.90 Å². The van der Waals surface area contributed by atoms with Crippen LogP contribution in [-0.4, -0.2) is 30.8 Å². The summed E-state index contributed by atoms with van der Waals surface area (Å²) in [6, 6.07) is 8.07. The van der Waals surface area contributed by atoms with Crippen molar-refractivity contribution in [2.75, 3.05) is 19.0 Å². The summed E-state index contributed by atoms with van der Waals surface area (Å²) in [4.78, 5) is 19.1. The fourth-order valence-corrected chi connectivity index (χ4v) is 6.76. The minimum absolute atomic E-state index is 0.118. The molecule has 4 aliphatic carbocycles. The van der Waals surface area contributed by atoms with Gasteiger partial charge >= 0.3 is 5.97 Å². The van der Waals surface area contributed by atoms with Crippen LogP contribution in [0, 0.1) is 17.3 Å². The average molecular weight is 385 g/mol. The predicted octanol–water partition coefficient (Wildman–Crippen LogP) is 4.63. The normalized spacial score (nSPS) is 38.3. The number of cyclic esters (lactones) is 1. The lowest BCUT2D eigenvalue weighted by Gasteiger charge is -2.59. The molecule has 0 amide bonds. The quantitative estimate of drug-likeness (QED) is 0.433. The molecule has 0 saturated heterocycles. The van der Waals surface area contributed by atoms with Crippen molar-refractivity contribution < 1.29 is 9.53 Å². The summed E-state index contributed by atoms with van der Waals surface area (Å²) in [5, 5.41) is 0. The number of aliphatic imine (C=N–C) groups is 1. The van der Waals surface area contributed by atoms with Crippen LogP contribution in [0.4, 0.5) is 5.69 Å². The Morgan fingerprint density at radius 2 is 1.81 bits per heavy atom. The van der Waals surface area contributed by atoms with Crippen LogP contribution in [0.15, 0.2) is 35.0 Å². The van der Waals surface area contributed by atoms with E-state index >= 15 is 0 Å². The van der Waals surface area contributed by atoms with Crippen LogP contribution in [0.25, 0.3) is 6.08 Å². The number of benzene rings is 1. The van der Waals surface area contributed by atoms with Gasteiger partial charge in [0.25, 0.3) is 0 Å². The van der Waals surface area contributed by atoms with Crippen LogP contribution in [0.2, 0.25) is 0 Å². The zero-order chi connectivity index (χ0) is 18.8. The van der Waals surface area contributed by atoms with Crippen molar-refractivity contribution in [1.82, 2.24) is 0 Å². The molecule has 1 aromatic rings. The average Bonchev–Trinajstić information content (AvgIpc) is 2.95. The molecule has 1 aliphatic heterocycles. The van der Waals surface area contributed by atoms with Gasteiger partial charge in [-0.1, -0.05) is 12.1 Å². The van der Waals surface area contributed by atoms with E-state index in [1.54, 1.807) is 0 Å². The molecule has 27 heavy (non-hydrogen) atoms. The standard InChI is InChI=1S/C22H25ClN2O2/c1-25(2)17-5-3-14(4-6-17)8-18-19(26)27-20(24-18)21-9-15-7-16(10-21)12-22(23,11-15)13-21/h3-6,8,15-16H,7,9-13H2,1-2H3/b18-8-/t15-,16+,21?,22?. The first-order valence-corrected chi connectivity index (χ1v) is 10.2. The van der Waals surface area contributed by atoms with Crippen molar-refractivity contribution in [2.45, 2.75) is 43.4 Å². The SMILES string of the molecule is CN(C)c1ccc(/C=C2\N=C(C34C[C@@H]5C[C@@H](CC(Cl)(C5)C3)C4)OC2=O)cc1. The second kappa shape index (κ2) is 5.84. The largest absolute Gasteiger partial charge is 0.406 e. The van der Waals surface area contributed by atoms with Crippen LogP contribution in [0.5, 0.6) is 0 Å². The van der Waals surface area contributed by atoms with Gasteiger partial charge in [-0.2, -0.15) is 0 Å². The number of anilines is 1. The van der Waals surface area contributed by atoms with E-state index in [0.717, 1.165) is 43.4 Å². The minimum atomic E-state index is -0.332. The maximum absolute atomic E-state index is 12.5. The Labute approximate surface area is 165 Å². The number of alkyl halides is 1. The van der Waals surface area contributed by atoms with Gasteiger partial charge in [0.1, 0.15) is 0 Å². The molecule has 0 spiro atoms. The Morgan fingerprint density at radius 1 is 1.15 bits per heavy atom. The lowest BCUT2D eigenvalue weighted by molar-refractivity contribution is -0.131. The van der Waals surface area contributed by atoms with Gasteiger partial charge in [0, 0.05) is 30.1 Å². The second-order valence-corrected chi connectivity index (χ2v) is 10.0. The molecule has 1 heterocycles. The summed E-state index contributed by atoms with van der Waals surface area (Å²) in [5.74, 6) is 1.59. The van der Waals surface area contributed by atoms with Crippen molar-refractivity contribution in [1.29, 1.82) is 0 Å². The second-order valence-electron chi connectivity index (χ2n) is 9.21. The van der Waals surface area contributed by atoms with E-state index in [0.29, 0.717) is 23.4 Å². The Morgan fingerprint density at radius 3 is 2.41 bits per heavy atom. The third-order valence-electron chi connectivity index (χ3n) is 6.78. The fraction of sp³-hybridized carbons (Fsp3) is 0.545.